The van der Waals surface area contributed by atoms with E-state index in [0.717, 1.165) is 52.6 Å². The summed E-state index contributed by atoms with van der Waals surface area (Å²) in [6.07, 6.45) is 4.95. The number of imidazole rings is 1. The van der Waals surface area contributed by atoms with Gasteiger partial charge in [-0.25, -0.2) is 4.98 Å². The van der Waals surface area contributed by atoms with Crippen LogP contribution >= 0.6 is 0 Å². The number of aryl methyl sites for hydroxylation is 2. The molecule has 4 rings (SSSR count). The van der Waals surface area contributed by atoms with Gasteiger partial charge in [-0.15, -0.1) is 0 Å². The summed E-state index contributed by atoms with van der Waals surface area (Å²) < 4.78 is 19.1. The Morgan fingerprint density at radius 2 is 1.79 bits per heavy atom. The van der Waals surface area contributed by atoms with Crippen molar-refractivity contribution in [2.75, 3.05) is 14.2 Å². The van der Waals surface area contributed by atoms with Crippen LogP contribution in [0.5, 0.6) is 17.5 Å². The van der Waals surface area contributed by atoms with Gasteiger partial charge in [0, 0.05) is 0 Å². The van der Waals surface area contributed by atoms with E-state index >= 15 is 0 Å². The van der Waals surface area contributed by atoms with Gasteiger partial charge in [-0.05, 0) is 57.2 Å². The molecule has 1 aromatic carbocycles. The number of hydrogen-bond acceptors (Lipinski definition) is 6. The Kier molecular flexibility index (Phi) is 5.07. The highest BCUT2D eigenvalue weighted by Crippen LogP contribution is 2.33. The minimum atomic E-state index is 0.277. The van der Waals surface area contributed by atoms with Crippen molar-refractivity contribution in [3.63, 3.8) is 0 Å². The van der Waals surface area contributed by atoms with Crippen molar-refractivity contribution in [2.24, 2.45) is 0 Å². The average Bonchev–Trinajstić information content (AvgIpc) is 3.31. The molecule has 0 bridgehead atoms. The SMILES string of the molecule is COc1nc(C)c2nc(C)n(Cc3ccc(OC)c(OC4CCCC4)c3)c2n1. The van der Waals surface area contributed by atoms with Crippen LogP contribution in [0.15, 0.2) is 18.2 Å². The Balaban J connectivity index is 1.69. The van der Waals surface area contributed by atoms with Crippen molar-refractivity contribution in [1.82, 2.24) is 19.5 Å². The second kappa shape index (κ2) is 7.66. The predicted molar refractivity (Wildman–Crippen MR) is 106 cm³/mol. The summed E-state index contributed by atoms with van der Waals surface area (Å²) in [7, 11) is 3.25. The molecule has 0 aliphatic heterocycles. The monoisotopic (exact) mass is 382 g/mol. The zero-order chi connectivity index (χ0) is 19.7. The van der Waals surface area contributed by atoms with E-state index in [1.807, 2.05) is 19.9 Å². The quantitative estimate of drug-likeness (QED) is 0.645. The molecule has 0 spiro atoms. The molecule has 0 amide bonds. The van der Waals surface area contributed by atoms with Crippen LogP contribution in [0.3, 0.4) is 0 Å². The molecule has 1 aliphatic carbocycles. The minimum absolute atomic E-state index is 0.277. The molecule has 0 radical (unpaired) electrons. The minimum Gasteiger partial charge on any atom is -0.493 e. The van der Waals surface area contributed by atoms with E-state index < -0.39 is 0 Å². The number of nitrogens with zero attached hydrogens (tertiary/aromatic N) is 4. The lowest BCUT2D eigenvalue weighted by Crippen LogP contribution is -2.12. The van der Waals surface area contributed by atoms with Crippen LogP contribution in [0.4, 0.5) is 0 Å². The number of fused-ring (bicyclic) bond motifs is 1. The zero-order valence-electron chi connectivity index (χ0n) is 16.9. The molecule has 0 atom stereocenters. The number of hydrogen-bond donors (Lipinski definition) is 0. The summed E-state index contributed by atoms with van der Waals surface area (Å²) in [5, 5.41) is 0. The molecule has 28 heavy (non-hydrogen) atoms. The fourth-order valence-corrected chi connectivity index (χ4v) is 3.78. The maximum Gasteiger partial charge on any atom is 0.318 e. The lowest BCUT2D eigenvalue weighted by atomic mass is 10.2. The molecule has 148 valence electrons. The number of ether oxygens (including phenoxy) is 3. The topological polar surface area (TPSA) is 71.3 Å². The molecule has 2 aromatic heterocycles. The number of methoxy groups -OCH3 is 2. The van der Waals surface area contributed by atoms with Gasteiger partial charge in [0.1, 0.15) is 11.3 Å². The Hall–Kier alpha value is -2.83. The van der Waals surface area contributed by atoms with Crippen LogP contribution in [-0.4, -0.2) is 39.8 Å². The fourth-order valence-electron chi connectivity index (χ4n) is 3.78. The molecule has 0 unspecified atom stereocenters. The summed E-state index contributed by atoms with van der Waals surface area (Å²) in [4.78, 5) is 13.5. The fraction of sp³-hybridized carbons (Fsp3) is 0.476. The van der Waals surface area contributed by atoms with Gasteiger partial charge >= 0.3 is 6.01 Å². The third-order valence-corrected chi connectivity index (χ3v) is 5.29. The predicted octanol–water partition coefficient (Wildman–Crippen LogP) is 3.83. The van der Waals surface area contributed by atoms with Gasteiger partial charge in [0.2, 0.25) is 0 Å². The Morgan fingerprint density at radius 1 is 1.00 bits per heavy atom. The van der Waals surface area contributed by atoms with Gasteiger partial charge in [-0.1, -0.05) is 6.07 Å². The van der Waals surface area contributed by atoms with Crippen LogP contribution in [0.25, 0.3) is 11.2 Å². The molecule has 7 nitrogen and oxygen atoms in total. The molecule has 1 fully saturated rings. The van der Waals surface area contributed by atoms with E-state index in [1.54, 1.807) is 14.2 Å². The van der Waals surface area contributed by atoms with E-state index in [0.29, 0.717) is 12.6 Å². The summed E-state index contributed by atoms with van der Waals surface area (Å²) in [6, 6.07) is 6.44. The lowest BCUT2D eigenvalue weighted by molar-refractivity contribution is 0.200. The normalized spacial score (nSPS) is 14.6. The van der Waals surface area contributed by atoms with Crippen molar-refractivity contribution in [3.8, 4) is 17.5 Å². The molecule has 0 saturated heterocycles. The molecule has 3 aromatic rings. The van der Waals surface area contributed by atoms with E-state index in [9.17, 15) is 0 Å². The molecule has 1 saturated carbocycles. The first-order valence-electron chi connectivity index (χ1n) is 9.68. The zero-order valence-corrected chi connectivity index (χ0v) is 16.9. The van der Waals surface area contributed by atoms with E-state index in [4.69, 9.17) is 14.2 Å². The van der Waals surface area contributed by atoms with E-state index in [-0.39, 0.29) is 6.10 Å². The molecular weight excluding hydrogens is 356 g/mol. The van der Waals surface area contributed by atoms with E-state index in [1.165, 1.54) is 12.8 Å². The van der Waals surface area contributed by atoms with E-state index in [2.05, 4.69) is 31.7 Å². The molecule has 1 aliphatic rings. The average molecular weight is 382 g/mol. The van der Waals surface area contributed by atoms with Gasteiger partial charge in [-0.3, -0.25) is 0 Å². The van der Waals surface area contributed by atoms with Crippen molar-refractivity contribution in [3.05, 3.63) is 35.3 Å². The standard InChI is InChI=1S/C21H26N4O3/c1-13-19-20(24-21(22-13)27-4)25(14(2)23-19)12-15-9-10-17(26-3)18(11-15)28-16-7-5-6-8-16/h9-11,16H,5-8,12H2,1-4H3. The highest BCUT2D eigenvalue weighted by Gasteiger charge is 2.19. The highest BCUT2D eigenvalue weighted by atomic mass is 16.5. The Morgan fingerprint density at radius 3 is 2.50 bits per heavy atom. The Labute approximate surface area is 164 Å². The highest BCUT2D eigenvalue weighted by molar-refractivity contribution is 5.74. The summed E-state index contributed by atoms with van der Waals surface area (Å²) >= 11 is 0. The maximum atomic E-state index is 6.24. The first-order valence-corrected chi connectivity index (χ1v) is 9.68. The smallest absolute Gasteiger partial charge is 0.318 e. The van der Waals surface area contributed by atoms with Gasteiger partial charge in [0.25, 0.3) is 0 Å². The molecule has 0 N–H and O–H groups in total. The summed E-state index contributed by atoms with van der Waals surface area (Å²) in [6.45, 7) is 4.53. The second-order valence-electron chi connectivity index (χ2n) is 7.22. The van der Waals surface area contributed by atoms with Crippen LogP contribution in [0, 0.1) is 13.8 Å². The molecule has 7 heteroatoms. The summed E-state index contributed by atoms with van der Waals surface area (Å²) in [5.41, 5.74) is 3.49. The third kappa shape index (κ3) is 3.48. The van der Waals surface area contributed by atoms with Crippen molar-refractivity contribution < 1.29 is 14.2 Å². The van der Waals surface area contributed by atoms with Gasteiger partial charge < -0.3 is 18.8 Å². The first-order chi connectivity index (χ1) is 13.6. The first kappa shape index (κ1) is 18.5. The summed E-state index contributed by atoms with van der Waals surface area (Å²) in [5.74, 6) is 2.45. The maximum absolute atomic E-state index is 6.24. The van der Waals surface area contributed by atoms with Crippen LogP contribution in [0.1, 0.15) is 42.8 Å². The number of rotatable bonds is 6. The Bertz CT molecular complexity index is 993. The van der Waals surface area contributed by atoms with Gasteiger partial charge in [0.05, 0.1) is 32.6 Å². The lowest BCUT2D eigenvalue weighted by Gasteiger charge is -2.17. The van der Waals surface area contributed by atoms with Crippen LogP contribution in [0.2, 0.25) is 0 Å². The third-order valence-electron chi connectivity index (χ3n) is 5.29. The van der Waals surface area contributed by atoms with Gasteiger partial charge in [-0.2, -0.15) is 9.97 Å². The number of benzene rings is 1. The van der Waals surface area contributed by atoms with Gasteiger partial charge in [0.15, 0.2) is 17.1 Å². The molecular formula is C21H26N4O3. The second-order valence-corrected chi connectivity index (χ2v) is 7.22. The molecule has 2 heterocycles. The van der Waals surface area contributed by atoms with Crippen molar-refractivity contribution in [2.45, 2.75) is 52.2 Å². The number of aromatic nitrogens is 4. The van der Waals surface area contributed by atoms with Crippen LogP contribution in [-0.2, 0) is 6.54 Å². The largest absolute Gasteiger partial charge is 0.493 e. The van der Waals surface area contributed by atoms with Crippen LogP contribution < -0.4 is 14.2 Å². The van der Waals surface area contributed by atoms with Crippen molar-refractivity contribution in [1.29, 1.82) is 0 Å². The van der Waals surface area contributed by atoms with Crippen molar-refractivity contribution >= 4 is 11.2 Å².